The van der Waals surface area contributed by atoms with E-state index in [2.05, 4.69) is 97.7 Å². The molecule has 1 aromatic heterocycles. The monoisotopic (exact) mass is 344 g/mol. The fraction of sp³-hybridized carbons (Fsp3) is 0.182. The molecular weight excluding hydrogens is 324 g/mol. The maximum Gasteiger partial charge on any atom is 0.148 e. The van der Waals surface area contributed by atoms with Crippen molar-refractivity contribution < 1.29 is 0 Å². The number of nitrogens with zero attached hydrogens (tertiary/aromatic N) is 2. The van der Waals surface area contributed by atoms with Crippen LogP contribution in [0.15, 0.2) is 66.7 Å². The van der Waals surface area contributed by atoms with Crippen LogP contribution in [0, 0.1) is 0 Å². The first-order valence-electron chi connectivity index (χ1n) is 8.45. The van der Waals surface area contributed by atoms with Crippen molar-refractivity contribution in [2.75, 3.05) is 0 Å². The normalized spacial score (nSPS) is 11.8. The Bertz CT molecular complexity index is 1020. The summed E-state index contributed by atoms with van der Waals surface area (Å²) in [6, 6.07) is 23.4. The molecule has 0 saturated heterocycles. The van der Waals surface area contributed by atoms with E-state index in [0.29, 0.717) is 0 Å². The number of hydrogen-bond acceptors (Lipinski definition) is 3. The summed E-state index contributed by atoms with van der Waals surface area (Å²) in [4.78, 5) is 0. The number of aromatic nitrogens is 2. The molecule has 2 nitrogen and oxygen atoms in total. The van der Waals surface area contributed by atoms with E-state index >= 15 is 0 Å². The molecule has 0 bridgehead atoms. The Balaban J connectivity index is 1.73. The fourth-order valence-corrected chi connectivity index (χ4v) is 3.86. The molecule has 0 aliphatic carbocycles. The number of hydrogen-bond donors (Lipinski definition) is 0. The lowest BCUT2D eigenvalue weighted by molar-refractivity contribution is 0.590. The van der Waals surface area contributed by atoms with Crippen LogP contribution in [0.4, 0.5) is 0 Å². The Morgan fingerprint density at radius 2 is 1.40 bits per heavy atom. The second-order valence-corrected chi connectivity index (χ2v) is 8.24. The van der Waals surface area contributed by atoms with Gasteiger partial charge in [0, 0.05) is 11.1 Å². The zero-order valence-electron chi connectivity index (χ0n) is 14.7. The van der Waals surface area contributed by atoms with Crippen LogP contribution >= 0.6 is 11.3 Å². The maximum atomic E-state index is 4.45. The highest BCUT2D eigenvalue weighted by Crippen LogP contribution is 2.34. The molecule has 3 aromatic carbocycles. The van der Waals surface area contributed by atoms with Gasteiger partial charge in [-0.25, -0.2) is 0 Å². The smallest absolute Gasteiger partial charge is 0.138 e. The number of benzene rings is 3. The molecule has 4 rings (SSSR count). The molecule has 124 valence electrons. The summed E-state index contributed by atoms with van der Waals surface area (Å²) in [6.45, 7) is 6.68. The summed E-state index contributed by atoms with van der Waals surface area (Å²) < 4.78 is 0. The number of rotatable bonds is 2. The van der Waals surface area contributed by atoms with Gasteiger partial charge in [0.15, 0.2) is 0 Å². The van der Waals surface area contributed by atoms with Crippen LogP contribution in [0.5, 0.6) is 0 Å². The van der Waals surface area contributed by atoms with E-state index in [-0.39, 0.29) is 5.41 Å². The summed E-state index contributed by atoms with van der Waals surface area (Å²) in [6.07, 6.45) is 0. The van der Waals surface area contributed by atoms with Crippen molar-refractivity contribution in [1.82, 2.24) is 10.2 Å². The third-order valence-corrected chi connectivity index (χ3v) is 5.45. The Labute approximate surface area is 152 Å². The van der Waals surface area contributed by atoms with E-state index in [9.17, 15) is 0 Å². The summed E-state index contributed by atoms with van der Waals surface area (Å²) in [5, 5.41) is 13.3. The van der Waals surface area contributed by atoms with Gasteiger partial charge in [0.25, 0.3) is 0 Å². The van der Waals surface area contributed by atoms with Gasteiger partial charge in [-0.3, -0.25) is 0 Å². The minimum Gasteiger partial charge on any atom is -0.138 e. The topological polar surface area (TPSA) is 25.8 Å². The molecular formula is C22H20N2S. The van der Waals surface area contributed by atoms with E-state index in [1.54, 1.807) is 11.3 Å². The molecule has 0 aliphatic heterocycles. The van der Waals surface area contributed by atoms with E-state index in [4.69, 9.17) is 0 Å². The molecule has 1 heterocycles. The Hall–Kier alpha value is -2.52. The van der Waals surface area contributed by atoms with Crippen LogP contribution in [-0.4, -0.2) is 10.2 Å². The first kappa shape index (κ1) is 16.0. The molecule has 0 amide bonds. The van der Waals surface area contributed by atoms with Gasteiger partial charge in [0.1, 0.15) is 10.0 Å². The van der Waals surface area contributed by atoms with Gasteiger partial charge in [-0.15, -0.1) is 10.2 Å². The van der Waals surface area contributed by atoms with Gasteiger partial charge in [-0.2, -0.15) is 0 Å². The van der Waals surface area contributed by atoms with Crippen LogP contribution < -0.4 is 0 Å². The minimum absolute atomic E-state index is 0.160. The predicted octanol–water partition coefficient (Wildman–Crippen LogP) is 6.32. The fourth-order valence-electron chi connectivity index (χ4n) is 2.97. The summed E-state index contributed by atoms with van der Waals surface area (Å²) in [5.41, 5.74) is 3.76. The van der Waals surface area contributed by atoms with Gasteiger partial charge in [-0.05, 0) is 21.8 Å². The molecule has 0 saturated carbocycles. The second kappa shape index (κ2) is 6.08. The lowest BCUT2D eigenvalue weighted by atomic mass is 9.87. The first-order chi connectivity index (χ1) is 12.0. The van der Waals surface area contributed by atoms with Gasteiger partial charge >= 0.3 is 0 Å². The van der Waals surface area contributed by atoms with E-state index in [1.165, 1.54) is 16.3 Å². The van der Waals surface area contributed by atoms with Gasteiger partial charge in [0.05, 0.1) is 0 Å². The van der Waals surface area contributed by atoms with Crippen LogP contribution in [-0.2, 0) is 5.41 Å². The SMILES string of the molecule is CC(C)(C)c1ccc(-c2nnc(-c3cccc4ccccc34)s2)cc1. The molecule has 0 atom stereocenters. The van der Waals surface area contributed by atoms with Gasteiger partial charge < -0.3 is 0 Å². The quantitative estimate of drug-likeness (QED) is 0.425. The third kappa shape index (κ3) is 3.08. The third-order valence-electron chi connectivity index (χ3n) is 4.44. The number of fused-ring (bicyclic) bond motifs is 1. The van der Waals surface area contributed by atoms with Crippen LogP contribution in [0.1, 0.15) is 26.3 Å². The molecule has 4 aromatic rings. The van der Waals surface area contributed by atoms with Gasteiger partial charge in [-0.1, -0.05) is 98.8 Å². The Morgan fingerprint density at radius 3 is 2.16 bits per heavy atom. The minimum atomic E-state index is 0.160. The highest BCUT2D eigenvalue weighted by atomic mass is 32.1. The van der Waals surface area contributed by atoms with E-state index < -0.39 is 0 Å². The van der Waals surface area contributed by atoms with Crippen LogP contribution in [0.25, 0.3) is 31.9 Å². The molecule has 3 heteroatoms. The molecule has 0 spiro atoms. The van der Waals surface area contributed by atoms with Gasteiger partial charge in [0.2, 0.25) is 0 Å². The molecule has 0 fully saturated rings. The summed E-state index contributed by atoms with van der Waals surface area (Å²) >= 11 is 1.65. The lowest BCUT2D eigenvalue weighted by Gasteiger charge is -2.18. The average Bonchev–Trinajstić information content (AvgIpc) is 3.10. The standard InChI is InChI=1S/C22H20N2S/c1-22(2,3)17-13-11-16(12-14-17)20-23-24-21(25-20)19-10-6-8-15-7-4-5-9-18(15)19/h4-14H,1-3H3. The van der Waals surface area contributed by atoms with Crippen LogP contribution in [0.2, 0.25) is 0 Å². The van der Waals surface area contributed by atoms with Crippen molar-refractivity contribution in [3.05, 3.63) is 72.3 Å². The largest absolute Gasteiger partial charge is 0.148 e. The lowest BCUT2D eigenvalue weighted by Crippen LogP contribution is -2.10. The summed E-state index contributed by atoms with van der Waals surface area (Å²) in [7, 11) is 0. The average molecular weight is 344 g/mol. The molecule has 25 heavy (non-hydrogen) atoms. The van der Waals surface area contributed by atoms with Crippen molar-refractivity contribution in [1.29, 1.82) is 0 Å². The van der Waals surface area contributed by atoms with Crippen molar-refractivity contribution in [2.24, 2.45) is 0 Å². The van der Waals surface area contributed by atoms with E-state index in [1.807, 2.05) is 0 Å². The zero-order chi connectivity index (χ0) is 17.4. The highest BCUT2D eigenvalue weighted by Gasteiger charge is 2.15. The summed E-state index contributed by atoms with van der Waals surface area (Å²) in [5.74, 6) is 0. The second-order valence-electron chi connectivity index (χ2n) is 7.27. The maximum absolute atomic E-state index is 4.45. The van der Waals surface area contributed by atoms with Crippen LogP contribution in [0.3, 0.4) is 0 Å². The Morgan fingerprint density at radius 1 is 0.720 bits per heavy atom. The zero-order valence-corrected chi connectivity index (χ0v) is 15.5. The van der Waals surface area contributed by atoms with Crippen molar-refractivity contribution in [3.63, 3.8) is 0 Å². The van der Waals surface area contributed by atoms with Crippen molar-refractivity contribution >= 4 is 22.1 Å². The molecule has 0 aliphatic rings. The Kier molecular flexibility index (Phi) is 3.89. The molecule has 0 radical (unpaired) electrons. The molecule has 0 unspecified atom stereocenters. The molecule has 0 N–H and O–H groups in total. The highest BCUT2D eigenvalue weighted by molar-refractivity contribution is 7.18. The van der Waals surface area contributed by atoms with Crippen molar-refractivity contribution in [2.45, 2.75) is 26.2 Å². The first-order valence-corrected chi connectivity index (χ1v) is 9.26. The predicted molar refractivity (Wildman–Crippen MR) is 107 cm³/mol. The van der Waals surface area contributed by atoms with E-state index in [0.717, 1.165) is 21.1 Å². The van der Waals surface area contributed by atoms with Crippen molar-refractivity contribution in [3.8, 4) is 21.1 Å².